The third-order valence-electron chi connectivity index (χ3n) is 3.62. The van der Waals surface area contributed by atoms with Gasteiger partial charge in [0.05, 0.1) is 13.3 Å². The second-order valence-electron chi connectivity index (χ2n) is 4.84. The number of piperazine rings is 1. The molecule has 1 aromatic heterocycles. The van der Waals surface area contributed by atoms with Crippen molar-refractivity contribution in [3.8, 4) is 5.75 Å². The number of nitrogens with one attached hydrogen (secondary N) is 1. The molecule has 1 N–H and O–H groups in total. The standard InChI is InChI=1S/C14H17N5O2/c1-21-12-4-2-3-11(9-12)18-5-7-19(8-6-18)14(20)13-10-15-17-16-13/h2-4,9-10H,5-8H2,1H3,(H,15,16,17). The fourth-order valence-corrected chi connectivity index (χ4v) is 2.44. The molecule has 3 rings (SSSR count). The largest absolute Gasteiger partial charge is 0.497 e. The smallest absolute Gasteiger partial charge is 0.276 e. The van der Waals surface area contributed by atoms with Crippen LogP contribution in [0.2, 0.25) is 0 Å². The van der Waals surface area contributed by atoms with Crippen LogP contribution in [0.5, 0.6) is 5.75 Å². The van der Waals surface area contributed by atoms with Gasteiger partial charge in [-0.05, 0) is 12.1 Å². The fraction of sp³-hybridized carbons (Fsp3) is 0.357. The predicted octanol–water partition coefficient (Wildman–Crippen LogP) is 0.776. The summed E-state index contributed by atoms with van der Waals surface area (Å²) in [4.78, 5) is 16.2. The Morgan fingerprint density at radius 2 is 2.10 bits per heavy atom. The van der Waals surface area contributed by atoms with E-state index in [0.29, 0.717) is 18.8 Å². The Bertz CT molecular complexity index is 606. The molecule has 2 heterocycles. The molecule has 1 aromatic carbocycles. The van der Waals surface area contributed by atoms with Crippen molar-refractivity contribution in [2.75, 3.05) is 38.2 Å². The normalized spacial score (nSPS) is 15.1. The van der Waals surface area contributed by atoms with Crippen LogP contribution in [-0.2, 0) is 0 Å². The van der Waals surface area contributed by atoms with E-state index >= 15 is 0 Å². The number of benzene rings is 1. The summed E-state index contributed by atoms with van der Waals surface area (Å²) in [6.07, 6.45) is 1.46. The monoisotopic (exact) mass is 287 g/mol. The highest BCUT2D eigenvalue weighted by atomic mass is 16.5. The van der Waals surface area contributed by atoms with Gasteiger partial charge in [-0.2, -0.15) is 15.4 Å². The Morgan fingerprint density at radius 3 is 2.76 bits per heavy atom. The van der Waals surface area contributed by atoms with Gasteiger partial charge in [-0.3, -0.25) is 4.79 Å². The number of ether oxygens (including phenoxy) is 1. The van der Waals surface area contributed by atoms with E-state index in [1.54, 1.807) is 12.0 Å². The zero-order valence-electron chi connectivity index (χ0n) is 11.8. The zero-order chi connectivity index (χ0) is 14.7. The summed E-state index contributed by atoms with van der Waals surface area (Å²) in [7, 11) is 1.66. The summed E-state index contributed by atoms with van der Waals surface area (Å²) in [5.74, 6) is 0.766. The van der Waals surface area contributed by atoms with Crippen molar-refractivity contribution in [2.24, 2.45) is 0 Å². The first-order valence-electron chi connectivity index (χ1n) is 6.82. The highest BCUT2D eigenvalue weighted by molar-refractivity contribution is 5.92. The quantitative estimate of drug-likeness (QED) is 0.903. The van der Waals surface area contributed by atoms with E-state index in [-0.39, 0.29) is 5.91 Å². The van der Waals surface area contributed by atoms with Gasteiger partial charge in [-0.1, -0.05) is 6.07 Å². The van der Waals surface area contributed by atoms with E-state index in [2.05, 4.69) is 26.4 Å². The molecule has 1 amide bonds. The molecule has 1 aliphatic heterocycles. The van der Waals surface area contributed by atoms with Gasteiger partial charge in [-0.25, -0.2) is 0 Å². The molecule has 0 spiro atoms. The number of carbonyl (C=O) groups excluding carboxylic acids is 1. The van der Waals surface area contributed by atoms with Crippen molar-refractivity contribution in [3.05, 3.63) is 36.2 Å². The Morgan fingerprint density at radius 1 is 1.29 bits per heavy atom. The van der Waals surface area contributed by atoms with Gasteiger partial charge in [0, 0.05) is 37.9 Å². The topological polar surface area (TPSA) is 74.3 Å². The van der Waals surface area contributed by atoms with Gasteiger partial charge >= 0.3 is 0 Å². The molecule has 1 saturated heterocycles. The Balaban J connectivity index is 1.63. The van der Waals surface area contributed by atoms with Crippen molar-refractivity contribution in [3.63, 3.8) is 0 Å². The lowest BCUT2D eigenvalue weighted by Gasteiger charge is -2.35. The number of aromatic nitrogens is 3. The van der Waals surface area contributed by atoms with Crippen LogP contribution in [0.25, 0.3) is 0 Å². The summed E-state index contributed by atoms with van der Waals surface area (Å²) in [6.45, 7) is 2.92. The molecule has 0 atom stereocenters. The summed E-state index contributed by atoms with van der Waals surface area (Å²) < 4.78 is 5.24. The molecular weight excluding hydrogens is 270 g/mol. The molecule has 0 unspecified atom stereocenters. The van der Waals surface area contributed by atoms with Crippen LogP contribution in [0.1, 0.15) is 10.5 Å². The molecule has 7 heteroatoms. The maximum atomic E-state index is 12.2. The van der Waals surface area contributed by atoms with E-state index < -0.39 is 0 Å². The number of rotatable bonds is 3. The molecule has 0 aliphatic carbocycles. The van der Waals surface area contributed by atoms with Crippen molar-refractivity contribution in [1.82, 2.24) is 20.3 Å². The summed E-state index contributed by atoms with van der Waals surface area (Å²) in [5.41, 5.74) is 1.48. The molecule has 110 valence electrons. The number of hydrogen-bond acceptors (Lipinski definition) is 5. The minimum atomic E-state index is -0.0750. The highest BCUT2D eigenvalue weighted by Gasteiger charge is 2.23. The molecule has 2 aromatic rings. The Kier molecular flexibility index (Phi) is 3.72. The Labute approximate surface area is 122 Å². The lowest BCUT2D eigenvalue weighted by Crippen LogP contribution is -2.48. The second-order valence-corrected chi connectivity index (χ2v) is 4.84. The lowest BCUT2D eigenvalue weighted by molar-refractivity contribution is 0.0741. The first kappa shape index (κ1) is 13.4. The van der Waals surface area contributed by atoms with Gasteiger partial charge in [0.2, 0.25) is 0 Å². The zero-order valence-corrected chi connectivity index (χ0v) is 11.8. The summed E-state index contributed by atoms with van der Waals surface area (Å²) >= 11 is 0. The third kappa shape index (κ3) is 2.81. The molecule has 7 nitrogen and oxygen atoms in total. The van der Waals surface area contributed by atoms with Crippen molar-refractivity contribution in [1.29, 1.82) is 0 Å². The van der Waals surface area contributed by atoms with E-state index in [1.165, 1.54) is 6.20 Å². The number of aromatic amines is 1. The molecule has 1 aliphatic rings. The maximum Gasteiger partial charge on any atom is 0.276 e. The van der Waals surface area contributed by atoms with Gasteiger partial charge in [0.15, 0.2) is 5.69 Å². The Hall–Kier alpha value is -2.57. The van der Waals surface area contributed by atoms with Crippen LogP contribution in [0.4, 0.5) is 5.69 Å². The first-order valence-corrected chi connectivity index (χ1v) is 6.82. The maximum absolute atomic E-state index is 12.2. The summed E-state index contributed by atoms with van der Waals surface area (Å²) in [5, 5.41) is 9.97. The number of H-pyrrole nitrogens is 1. The van der Waals surface area contributed by atoms with Crippen LogP contribution in [-0.4, -0.2) is 59.5 Å². The average molecular weight is 287 g/mol. The van der Waals surface area contributed by atoms with Crippen LogP contribution in [0.3, 0.4) is 0 Å². The minimum Gasteiger partial charge on any atom is -0.497 e. The van der Waals surface area contributed by atoms with Gasteiger partial charge in [0.25, 0.3) is 5.91 Å². The van der Waals surface area contributed by atoms with Crippen LogP contribution < -0.4 is 9.64 Å². The van der Waals surface area contributed by atoms with Gasteiger partial charge in [0.1, 0.15) is 5.75 Å². The number of methoxy groups -OCH3 is 1. The molecule has 21 heavy (non-hydrogen) atoms. The SMILES string of the molecule is COc1cccc(N2CCN(C(=O)c3cn[nH]n3)CC2)c1. The van der Waals surface area contributed by atoms with E-state index in [4.69, 9.17) is 4.74 Å². The molecule has 0 radical (unpaired) electrons. The molecule has 0 saturated carbocycles. The third-order valence-corrected chi connectivity index (χ3v) is 3.62. The van der Waals surface area contributed by atoms with Gasteiger partial charge < -0.3 is 14.5 Å². The summed E-state index contributed by atoms with van der Waals surface area (Å²) in [6, 6.07) is 7.96. The number of amides is 1. The van der Waals surface area contributed by atoms with Crippen LogP contribution in [0.15, 0.2) is 30.5 Å². The van der Waals surface area contributed by atoms with Crippen molar-refractivity contribution >= 4 is 11.6 Å². The molecule has 1 fully saturated rings. The van der Waals surface area contributed by atoms with Crippen LogP contribution in [0, 0.1) is 0 Å². The molecular formula is C14H17N5O2. The second kappa shape index (κ2) is 5.82. The number of anilines is 1. The predicted molar refractivity (Wildman–Crippen MR) is 77.5 cm³/mol. The number of nitrogens with zero attached hydrogens (tertiary/aromatic N) is 4. The molecule has 0 bridgehead atoms. The van der Waals surface area contributed by atoms with E-state index in [1.807, 2.05) is 18.2 Å². The van der Waals surface area contributed by atoms with Crippen molar-refractivity contribution in [2.45, 2.75) is 0 Å². The fourth-order valence-electron chi connectivity index (χ4n) is 2.44. The minimum absolute atomic E-state index is 0.0750. The lowest BCUT2D eigenvalue weighted by atomic mass is 10.2. The number of carbonyl (C=O) groups is 1. The number of hydrogen-bond donors (Lipinski definition) is 1. The average Bonchev–Trinajstić information content (AvgIpc) is 3.09. The van der Waals surface area contributed by atoms with Crippen molar-refractivity contribution < 1.29 is 9.53 Å². The van der Waals surface area contributed by atoms with Crippen LogP contribution >= 0.6 is 0 Å². The first-order chi connectivity index (χ1) is 10.3. The van der Waals surface area contributed by atoms with E-state index in [9.17, 15) is 4.79 Å². The highest BCUT2D eigenvalue weighted by Crippen LogP contribution is 2.22. The van der Waals surface area contributed by atoms with E-state index in [0.717, 1.165) is 24.5 Å². The van der Waals surface area contributed by atoms with Gasteiger partial charge in [-0.15, -0.1) is 0 Å².